The Morgan fingerprint density at radius 1 is 1.37 bits per heavy atom. The van der Waals surface area contributed by atoms with Gasteiger partial charge in [-0.3, -0.25) is 4.79 Å². The van der Waals surface area contributed by atoms with Crippen LogP contribution in [0.4, 0.5) is 0 Å². The van der Waals surface area contributed by atoms with E-state index < -0.39 is 0 Å². The zero-order valence-corrected chi connectivity index (χ0v) is 12.2. The highest BCUT2D eigenvalue weighted by molar-refractivity contribution is 8.00. The fourth-order valence-corrected chi connectivity index (χ4v) is 3.66. The number of phenols is 1. The largest absolute Gasteiger partial charge is 0.507 e. The molecule has 2 atom stereocenters. The lowest BCUT2D eigenvalue weighted by atomic mass is 10.1. The molecule has 0 aliphatic carbocycles. The Labute approximate surface area is 117 Å². The number of phenolic OH excluding ortho intramolecular Hbond substituents is 1. The molecule has 0 aromatic heterocycles. The molecule has 1 aliphatic heterocycles. The van der Waals surface area contributed by atoms with E-state index in [1.165, 1.54) is 13.2 Å². The van der Waals surface area contributed by atoms with Gasteiger partial charge in [-0.05, 0) is 12.1 Å². The first-order chi connectivity index (χ1) is 9.01. The van der Waals surface area contributed by atoms with Crippen LogP contribution in [-0.2, 0) is 0 Å². The minimum Gasteiger partial charge on any atom is -0.507 e. The van der Waals surface area contributed by atoms with Crippen molar-refractivity contribution in [2.75, 3.05) is 20.2 Å². The number of nitrogens with zero attached hydrogens (tertiary/aromatic N) is 1. The van der Waals surface area contributed by atoms with Gasteiger partial charge in [-0.15, -0.1) is 0 Å². The van der Waals surface area contributed by atoms with Gasteiger partial charge >= 0.3 is 0 Å². The van der Waals surface area contributed by atoms with Crippen LogP contribution in [0, 0.1) is 0 Å². The topological polar surface area (TPSA) is 49.8 Å². The summed E-state index contributed by atoms with van der Waals surface area (Å²) in [6, 6.07) is 4.78. The average molecular weight is 281 g/mol. The van der Waals surface area contributed by atoms with Crippen LogP contribution in [0.5, 0.6) is 11.5 Å². The number of aromatic hydroxyl groups is 1. The molecular weight excluding hydrogens is 262 g/mol. The number of methoxy groups -OCH3 is 1. The quantitative estimate of drug-likeness (QED) is 0.904. The number of amides is 1. The van der Waals surface area contributed by atoms with Gasteiger partial charge in [0.05, 0.1) is 12.7 Å². The molecule has 1 aromatic rings. The van der Waals surface area contributed by atoms with Crippen LogP contribution >= 0.6 is 11.8 Å². The van der Waals surface area contributed by atoms with Gasteiger partial charge in [0, 0.05) is 29.7 Å². The van der Waals surface area contributed by atoms with Crippen LogP contribution in [0.25, 0.3) is 0 Å². The lowest BCUT2D eigenvalue weighted by molar-refractivity contribution is 0.0750. The van der Waals surface area contributed by atoms with E-state index in [-0.39, 0.29) is 11.7 Å². The Bertz CT molecular complexity index is 468. The van der Waals surface area contributed by atoms with Gasteiger partial charge in [-0.2, -0.15) is 11.8 Å². The first-order valence-electron chi connectivity index (χ1n) is 6.33. The van der Waals surface area contributed by atoms with Crippen molar-refractivity contribution in [3.8, 4) is 11.5 Å². The predicted molar refractivity (Wildman–Crippen MR) is 77.1 cm³/mol. The molecule has 1 aromatic carbocycles. The van der Waals surface area contributed by atoms with Crippen molar-refractivity contribution in [1.82, 2.24) is 4.90 Å². The molecule has 1 heterocycles. The van der Waals surface area contributed by atoms with E-state index in [1.807, 2.05) is 16.7 Å². The molecule has 2 unspecified atom stereocenters. The highest BCUT2D eigenvalue weighted by atomic mass is 32.2. The first kappa shape index (κ1) is 14.1. The van der Waals surface area contributed by atoms with Crippen molar-refractivity contribution in [2.24, 2.45) is 0 Å². The number of carbonyl (C=O) groups is 1. The van der Waals surface area contributed by atoms with Gasteiger partial charge in [0.1, 0.15) is 11.5 Å². The summed E-state index contributed by atoms with van der Waals surface area (Å²) in [5.74, 6) is 0.409. The third-order valence-corrected chi connectivity index (χ3v) is 4.37. The van der Waals surface area contributed by atoms with Crippen molar-refractivity contribution in [2.45, 2.75) is 24.3 Å². The third-order valence-electron chi connectivity index (χ3n) is 3.14. The van der Waals surface area contributed by atoms with Gasteiger partial charge < -0.3 is 14.7 Å². The Morgan fingerprint density at radius 2 is 2.00 bits per heavy atom. The fraction of sp³-hybridized carbons (Fsp3) is 0.500. The highest BCUT2D eigenvalue weighted by Gasteiger charge is 2.27. The van der Waals surface area contributed by atoms with Crippen molar-refractivity contribution < 1.29 is 14.6 Å². The lowest BCUT2D eigenvalue weighted by Gasteiger charge is -2.34. The van der Waals surface area contributed by atoms with Crippen LogP contribution < -0.4 is 4.74 Å². The van der Waals surface area contributed by atoms with E-state index >= 15 is 0 Å². The Kier molecular flexibility index (Phi) is 4.24. The standard InChI is InChI=1S/C14H19NO3S/c1-9-7-15(8-10(2)19-9)14(17)12-5-4-11(18-3)6-13(12)16/h4-6,9-10,16H,7-8H2,1-3H3. The van der Waals surface area contributed by atoms with Crippen molar-refractivity contribution >= 4 is 17.7 Å². The molecule has 2 rings (SSSR count). The molecule has 1 saturated heterocycles. The second-order valence-electron chi connectivity index (χ2n) is 4.85. The SMILES string of the molecule is COc1ccc(C(=O)N2CC(C)SC(C)C2)c(O)c1. The monoisotopic (exact) mass is 281 g/mol. The van der Waals surface area contributed by atoms with Gasteiger partial charge in [-0.25, -0.2) is 0 Å². The second-order valence-corrected chi connectivity index (χ2v) is 6.73. The van der Waals surface area contributed by atoms with Crippen molar-refractivity contribution in [3.63, 3.8) is 0 Å². The number of hydrogen-bond donors (Lipinski definition) is 1. The van der Waals surface area contributed by atoms with Crippen molar-refractivity contribution in [3.05, 3.63) is 23.8 Å². The molecule has 0 bridgehead atoms. The van der Waals surface area contributed by atoms with Crippen LogP contribution in [0.2, 0.25) is 0 Å². The van der Waals surface area contributed by atoms with Gasteiger partial charge in [0.25, 0.3) is 5.91 Å². The minimum absolute atomic E-state index is 0.0251. The summed E-state index contributed by atoms with van der Waals surface area (Å²) >= 11 is 1.89. The van der Waals surface area contributed by atoms with E-state index in [9.17, 15) is 9.90 Å². The van der Waals surface area contributed by atoms with E-state index in [0.717, 1.165) is 13.1 Å². The Hall–Kier alpha value is -1.36. The molecule has 5 heteroatoms. The fourth-order valence-electron chi connectivity index (χ4n) is 2.33. The van der Waals surface area contributed by atoms with Gasteiger partial charge in [0.15, 0.2) is 0 Å². The third kappa shape index (κ3) is 3.15. The second kappa shape index (κ2) is 5.74. The number of benzene rings is 1. The molecule has 1 aliphatic rings. The Balaban J connectivity index is 2.19. The Morgan fingerprint density at radius 3 is 2.53 bits per heavy atom. The summed E-state index contributed by atoms with van der Waals surface area (Å²) in [5, 5.41) is 10.8. The lowest BCUT2D eigenvalue weighted by Crippen LogP contribution is -2.44. The summed E-state index contributed by atoms with van der Waals surface area (Å²) < 4.78 is 5.02. The summed E-state index contributed by atoms with van der Waals surface area (Å²) in [4.78, 5) is 14.2. The molecule has 19 heavy (non-hydrogen) atoms. The molecule has 4 nitrogen and oxygen atoms in total. The molecular formula is C14H19NO3S. The minimum atomic E-state index is -0.112. The number of thioether (sulfide) groups is 1. The molecule has 104 valence electrons. The maximum absolute atomic E-state index is 12.4. The summed E-state index contributed by atoms with van der Waals surface area (Å²) in [6.07, 6.45) is 0. The molecule has 1 fully saturated rings. The van der Waals surface area contributed by atoms with Crippen LogP contribution in [0.1, 0.15) is 24.2 Å². The van der Waals surface area contributed by atoms with Gasteiger partial charge in [0.2, 0.25) is 0 Å². The van der Waals surface area contributed by atoms with Crippen LogP contribution in [0.3, 0.4) is 0 Å². The number of rotatable bonds is 2. The van der Waals surface area contributed by atoms with Crippen LogP contribution in [0.15, 0.2) is 18.2 Å². The maximum atomic E-state index is 12.4. The zero-order chi connectivity index (χ0) is 14.0. The summed E-state index contributed by atoms with van der Waals surface area (Å²) in [7, 11) is 1.53. The first-order valence-corrected chi connectivity index (χ1v) is 7.27. The zero-order valence-electron chi connectivity index (χ0n) is 11.4. The molecule has 0 radical (unpaired) electrons. The molecule has 1 N–H and O–H groups in total. The predicted octanol–water partition coefficient (Wildman–Crippen LogP) is 2.37. The molecule has 0 saturated carbocycles. The van der Waals surface area contributed by atoms with Gasteiger partial charge in [-0.1, -0.05) is 13.8 Å². The molecule has 0 spiro atoms. The molecule has 1 amide bonds. The van der Waals surface area contributed by atoms with Crippen molar-refractivity contribution in [1.29, 1.82) is 0 Å². The van der Waals surface area contributed by atoms with E-state index in [0.29, 0.717) is 21.8 Å². The number of carbonyl (C=O) groups excluding carboxylic acids is 1. The highest BCUT2D eigenvalue weighted by Crippen LogP contribution is 2.29. The summed E-state index contributed by atoms with van der Waals surface area (Å²) in [6.45, 7) is 5.68. The average Bonchev–Trinajstić information content (AvgIpc) is 2.36. The normalized spacial score (nSPS) is 23.2. The maximum Gasteiger partial charge on any atom is 0.257 e. The number of hydrogen-bond acceptors (Lipinski definition) is 4. The van der Waals surface area contributed by atoms with E-state index in [2.05, 4.69) is 13.8 Å². The smallest absolute Gasteiger partial charge is 0.257 e. The van der Waals surface area contributed by atoms with E-state index in [4.69, 9.17) is 4.74 Å². The van der Waals surface area contributed by atoms with E-state index in [1.54, 1.807) is 12.1 Å². The summed E-state index contributed by atoms with van der Waals surface area (Å²) in [5.41, 5.74) is 0.340. The van der Waals surface area contributed by atoms with Crippen LogP contribution in [-0.4, -0.2) is 46.6 Å². The number of ether oxygens (including phenoxy) is 1.